The summed E-state index contributed by atoms with van der Waals surface area (Å²) in [6.07, 6.45) is 1.94. The van der Waals surface area contributed by atoms with Crippen LogP contribution in [0.15, 0.2) is 24.3 Å². The van der Waals surface area contributed by atoms with Crippen molar-refractivity contribution in [1.82, 2.24) is 0 Å². The molecule has 0 aromatic heterocycles. The fourth-order valence-electron chi connectivity index (χ4n) is 1.86. The number of rotatable bonds is 7. The summed E-state index contributed by atoms with van der Waals surface area (Å²) in [4.78, 5) is 0. The van der Waals surface area contributed by atoms with E-state index in [1.807, 2.05) is 12.1 Å². The first-order valence-electron chi connectivity index (χ1n) is 6.03. The Morgan fingerprint density at radius 1 is 1.25 bits per heavy atom. The largest absolute Gasteiger partial charge is 0.396 e. The first-order chi connectivity index (χ1) is 7.79. The maximum Gasteiger partial charge on any atom is 0.0500 e. The normalized spacial score (nSPS) is 12.7. The number of hydrogen-bond donors (Lipinski definition) is 1. The smallest absolute Gasteiger partial charge is 0.0500 e. The third kappa shape index (κ3) is 3.95. The lowest BCUT2D eigenvalue weighted by Crippen LogP contribution is -2.09. The highest BCUT2D eigenvalue weighted by atomic mass is 16.5. The van der Waals surface area contributed by atoms with Gasteiger partial charge in [0.1, 0.15) is 0 Å². The summed E-state index contributed by atoms with van der Waals surface area (Å²) in [7, 11) is 0. The molecule has 0 aliphatic carbocycles. The van der Waals surface area contributed by atoms with Gasteiger partial charge in [0, 0.05) is 19.1 Å². The fourth-order valence-corrected chi connectivity index (χ4v) is 1.86. The molecular weight excluding hydrogens is 200 g/mol. The van der Waals surface area contributed by atoms with Crippen LogP contribution >= 0.6 is 0 Å². The van der Waals surface area contributed by atoms with Crippen LogP contribution in [0.1, 0.15) is 36.8 Å². The number of aliphatic hydroxyl groups excluding tert-OH is 1. The Morgan fingerprint density at radius 3 is 2.62 bits per heavy atom. The van der Waals surface area contributed by atoms with E-state index in [2.05, 4.69) is 26.0 Å². The minimum Gasteiger partial charge on any atom is -0.396 e. The molecule has 0 bridgehead atoms. The molecule has 0 aliphatic rings. The van der Waals surface area contributed by atoms with E-state index in [4.69, 9.17) is 4.74 Å². The van der Waals surface area contributed by atoms with E-state index in [9.17, 15) is 5.11 Å². The molecule has 1 aromatic rings. The van der Waals surface area contributed by atoms with Crippen LogP contribution in [0.2, 0.25) is 0 Å². The van der Waals surface area contributed by atoms with Crippen molar-refractivity contribution >= 4 is 0 Å². The summed E-state index contributed by atoms with van der Waals surface area (Å²) in [5.41, 5.74) is 2.49. The van der Waals surface area contributed by atoms with Gasteiger partial charge in [-0.3, -0.25) is 0 Å². The lowest BCUT2D eigenvalue weighted by atomic mass is 9.93. The molecule has 1 unspecified atom stereocenters. The molecular formula is C14H22O2. The molecule has 16 heavy (non-hydrogen) atoms. The molecule has 0 spiro atoms. The molecule has 2 nitrogen and oxygen atoms in total. The van der Waals surface area contributed by atoms with Gasteiger partial charge < -0.3 is 9.84 Å². The van der Waals surface area contributed by atoms with Gasteiger partial charge in [-0.05, 0) is 30.9 Å². The summed E-state index contributed by atoms with van der Waals surface area (Å²) in [5.74, 6) is 0.207. The first kappa shape index (κ1) is 13.2. The van der Waals surface area contributed by atoms with Crippen molar-refractivity contribution in [3.63, 3.8) is 0 Å². The Morgan fingerprint density at radius 2 is 2.00 bits per heavy atom. The quantitative estimate of drug-likeness (QED) is 0.719. The van der Waals surface area contributed by atoms with Gasteiger partial charge in [-0.25, -0.2) is 0 Å². The molecule has 1 aromatic carbocycles. The van der Waals surface area contributed by atoms with E-state index in [0.717, 1.165) is 26.1 Å². The predicted octanol–water partition coefficient (Wildman–Crippen LogP) is 2.89. The maximum atomic E-state index is 9.40. The Balaban J connectivity index is 2.51. The monoisotopic (exact) mass is 222 g/mol. The average molecular weight is 222 g/mol. The minimum absolute atomic E-state index is 0.195. The summed E-state index contributed by atoms with van der Waals surface area (Å²) >= 11 is 0. The maximum absolute atomic E-state index is 9.40. The third-order valence-corrected chi connectivity index (χ3v) is 2.81. The highest BCUT2D eigenvalue weighted by molar-refractivity contribution is 5.29. The van der Waals surface area contributed by atoms with Crippen molar-refractivity contribution in [3.05, 3.63) is 35.4 Å². The third-order valence-electron chi connectivity index (χ3n) is 2.81. The van der Waals surface area contributed by atoms with Gasteiger partial charge in [0.2, 0.25) is 0 Å². The van der Waals surface area contributed by atoms with Crippen molar-refractivity contribution in [2.75, 3.05) is 19.8 Å². The highest BCUT2D eigenvalue weighted by Crippen LogP contribution is 2.22. The number of ether oxygens (including phenoxy) is 1. The van der Waals surface area contributed by atoms with E-state index >= 15 is 0 Å². The molecule has 1 rings (SSSR count). The second-order valence-electron chi connectivity index (χ2n) is 4.14. The van der Waals surface area contributed by atoms with Crippen LogP contribution < -0.4 is 0 Å². The SMILES string of the molecule is CCCOCCC(CO)c1ccccc1C. The van der Waals surface area contributed by atoms with Crippen LogP contribution in [0.25, 0.3) is 0 Å². The Kier molecular flexibility index (Phi) is 6.12. The van der Waals surface area contributed by atoms with Crippen molar-refractivity contribution in [1.29, 1.82) is 0 Å². The average Bonchev–Trinajstić information content (AvgIpc) is 2.31. The zero-order chi connectivity index (χ0) is 11.8. The molecule has 0 radical (unpaired) electrons. The minimum atomic E-state index is 0.195. The van der Waals surface area contributed by atoms with Crippen molar-refractivity contribution in [2.45, 2.75) is 32.6 Å². The highest BCUT2D eigenvalue weighted by Gasteiger charge is 2.11. The van der Waals surface area contributed by atoms with Crippen LogP contribution in [-0.2, 0) is 4.74 Å². The molecule has 1 atom stereocenters. The summed E-state index contributed by atoms with van der Waals surface area (Å²) in [5, 5.41) is 9.40. The molecule has 0 heterocycles. The van der Waals surface area contributed by atoms with Gasteiger partial charge in [-0.2, -0.15) is 0 Å². The van der Waals surface area contributed by atoms with E-state index in [1.54, 1.807) is 0 Å². The van der Waals surface area contributed by atoms with E-state index in [-0.39, 0.29) is 12.5 Å². The summed E-state index contributed by atoms with van der Waals surface area (Å²) in [6, 6.07) is 8.24. The first-order valence-corrected chi connectivity index (χ1v) is 6.03. The van der Waals surface area contributed by atoms with Gasteiger partial charge in [-0.15, -0.1) is 0 Å². The van der Waals surface area contributed by atoms with Gasteiger partial charge in [0.25, 0.3) is 0 Å². The Hall–Kier alpha value is -0.860. The second kappa shape index (κ2) is 7.42. The topological polar surface area (TPSA) is 29.5 Å². The second-order valence-corrected chi connectivity index (χ2v) is 4.14. The zero-order valence-electron chi connectivity index (χ0n) is 10.3. The summed E-state index contributed by atoms with van der Waals surface area (Å²) < 4.78 is 5.47. The Labute approximate surface area is 98.3 Å². The Bertz CT molecular complexity index is 297. The molecule has 0 amide bonds. The van der Waals surface area contributed by atoms with Crippen LogP contribution in [0.4, 0.5) is 0 Å². The van der Waals surface area contributed by atoms with Gasteiger partial charge in [-0.1, -0.05) is 31.2 Å². The predicted molar refractivity (Wildman–Crippen MR) is 66.7 cm³/mol. The number of aliphatic hydroxyl groups is 1. The molecule has 0 fully saturated rings. The van der Waals surface area contributed by atoms with Crippen molar-refractivity contribution in [2.24, 2.45) is 0 Å². The van der Waals surface area contributed by atoms with Crippen molar-refractivity contribution in [3.8, 4) is 0 Å². The molecule has 0 saturated heterocycles. The summed E-state index contributed by atoms with van der Waals surface area (Å²) in [6.45, 7) is 5.93. The van der Waals surface area contributed by atoms with Crippen LogP contribution in [0.3, 0.4) is 0 Å². The fraction of sp³-hybridized carbons (Fsp3) is 0.571. The van der Waals surface area contributed by atoms with E-state index < -0.39 is 0 Å². The van der Waals surface area contributed by atoms with Crippen LogP contribution in [0.5, 0.6) is 0 Å². The number of benzene rings is 1. The molecule has 0 aliphatic heterocycles. The molecule has 2 heteroatoms. The lowest BCUT2D eigenvalue weighted by Gasteiger charge is -2.16. The molecule has 90 valence electrons. The molecule has 1 N–H and O–H groups in total. The van der Waals surface area contributed by atoms with Gasteiger partial charge in [0.15, 0.2) is 0 Å². The van der Waals surface area contributed by atoms with Crippen LogP contribution in [0, 0.1) is 6.92 Å². The number of hydrogen-bond acceptors (Lipinski definition) is 2. The van der Waals surface area contributed by atoms with E-state index in [0.29, 0.717) is 0 Å². The molecule has 0 saturated carbocycles. The lowest BCUT2D eigenvalue weighted by molar-refractivity contribution is 0.119. The zero-order valence-corrected chi connectivity index (χ0v) is 10.3. The standard InChI is InChI=1S/C14H22O2/c1-3-9-16-10-8-13(11-15)14-7-5-4-6-12(14)2/h4-7,13,15H,3,8-11H2,1-2H3. The van der Waals surface area contributed by atoms with Gasteiger partial charge >= 0.3 is 0 Å². The van der Waals surface area contributed by atoms with Crippen molar-refractivity contribution < 1.29 is 9.84 Å². The number of aryl methyl sites for hydroxylation is 1. The van der Waals surface area contributed by atoms with Gasteiger partial charge in [0.05, 0.1) is 6.61 Å². The van der Waals surface area contributed by atoms with Crippen LogP contribution in [-0.4, -0.2) is 24.9 Å². The van der Waals surface area contributed by atoms with E-state index in [1.165, 1.54) is 11.1 Å².